The first-order valence-electron chi connectivity index (χ1n) is 7.88. The minimum absolute atomic E-state index is 0.0889. The maximum atomic E-state index is 12.1. The molecular weight excluding hydrogens is 358 g/mol. The number of hydrogen-bond acceptors (Lipinski definition) is 3. The van der Waals surface area contributed by atoms with Crippen LogP contribution in [0.5, 0.6) is 0 Å². The molecule has 0 fully saturated rings. The highest BCUT2D eigenvalue weighted by Gasteiger charge is 2.13. The Hall–Kier alpha value is -1.10. The lowest BCUT2D eigenvalue weighted by molar-refractivity contribution is -0.120. The van der Waals surface area contributed by atoms with Crippen LogP contribution in [0.4, 0.5) is 0 Å². The Morgan fingerprint density at radius 1 is 1.12 bits per heavy atom. The van der Waals surface area contributed by atoms with Crippen molar-refractivity contribution in [1.82, 2.24) is 5.32 Å². The van der Waals surface area contributed by atoms with E-state index in [1.807, 2.05) is 31.2 Å². The molecule has 1 amide bonds. The highest BCUT2D eigenvalue weighted by Crippen LogP contribution is 2.23. The second-order valence-corrected chi connectivity index (χ2v) is 8.50. The van der Waals surface area contributed by atoms with Gasteiger partial charge in [-0.2, -0.15) is 11.8 Å². The van der Waals surface area contributed by atoms with Crippen molar-refractivity contribution in [1.29, 1.82) is 0 Å². The Kier molecular flexibility index (Phi) is 8.03. The molecule has 128 valence electrons. The zero-order chi connectivity index (χ0) is 17.4. The number of benzene rings is 2. The zero-order valence-electron chi connectivity index (χ0n) is 13.9. The molecule has 24 heavy (non-hydrogen) atoms. The van der Waals surface area contributed by atoms with E-state index in [-0.39, 0.29) is 11.2 Å². The summed E-state index contributed by atoms with van der Waals surface area (Å²) in [5.41, 5.74) is 2.48. The minimum Gasteiger partial charge on any atom is -0.354 e. The molecule has 0 aliphatic carbocycles. The van der Waals surface area contributed by atoms with Gasteiger partial charge in [-0.25, -0.2) is 0 Å². The van der Waals surface area contributed by atoms with Gasteiger partial charge in [-0.15, -0.1) is 11.8 Å². The van der Waals surface area contributed by atoms with Crippen molar-refractivity contribution in [2.45, 2.75) is 29.7 Å². The molecule has 2 rings (SSSR count). The van der Waals surface area contributed by atoms with Crippen LogP contribution in [0.3, 0.4) is 0 Å². The summed E-state index contributed by atoms with van der Waals surface area (Å²) in [5.74, 6) is 1.92. The number of nitrogens with one attached hydrogen (secondary N) is 1. The van der Waals surface area contributed by atoms with Crippen molar-refractivity contribution in [3.63, 3.8) is 0 Å². The van der Waals surface area contributed by atoms with Crippen molar-refractivity contribution in [3.8, 4) is 0 Å². The van der Waals surface area contributed by atoms with Gasteiger partial charge in [0.2, 0.25) is 5.91 Å². The first kappa shape index (κ1) is 19.2. The zero-order valence-corrected chi connectivity index (χ0v) is 16.3. The number of amides is 1. The van der Waals surface area contributed by atoms with Crippen LogP contribution in [-0.2, 0) is 10.5 Å². The van der Waals surface area contributed by atoms with E-state index in [9.17, 15) is 4.79 Å². The van der Waals surface area contributed by atoms with Gasteiger partial charge in [-0.05, 0) is 43.7 Å². The van der Waals surface area contributed by atoms with E-state index in [1.54, 1.807) is 23.5 Å². The lowest BCUT2D eigenvalue weighted by Gasteiger charge is -2.12. The summed E-state index contributed by atoms with van der Waals surface area (Å²) in [6.45, 7) is 4.70. The van der Waals surface area contributed by atoms with Gasteiger partial charge < -0.3 is 5.32 Å². The van der Waals surface area contributed by atoms with Crippen molar-refractivity contribution in [3.05, 3.63) is 64.7 Å². The SMILES string of the molecule is Cc1ccc(S[C@@H](C)C(=O)NCCSCc2ccc(Cl)cc2)cc1. The second kappa shape index (κ2) is 10.0. The Balaban J connectivity index is 1.63. The normalized spacial score (nSPS) is 12.0. The molecule has 1 atom stereocenters. The van der Waals surface area contributed by atoms with Crippen LogP contribution in [-0.4, -0.2) is 23.5 Å². The summed E-state index contributed by atoms with van der Waals surface area (Å²) < 4.78 is 0. The number of rotatable bonds is 8. The number of halogens is 1. The van der Waals surface area contributed by atoms with Gasteiger partial charge >= 0.3 is 0 Å². The molecule has 0 saturated heterocycles. The summed E-state index contributed by atoms with van der Waals surface area (Å²) in [6.07, 6.45) is 0. The molecule has 2 aromatic rings. The average Bonchev–Trinajstić information content (AvgIpc) is 2.58. The monoisotopic (exact) mass is 379 g/mol. The minimum atomic E-state index is -0.0889. The van der Waals surface area contributed by atoms with Gasteiger partial charge in [0.15, 0.2) is 0 Å². The summed E-state index contributed by atoms with van der Waals surface area (Å²) in [5, 5.41) is 3.68. The summed E-state index contributed by atoms with van der Waals surface area (Å²) in [4.78, 5) is 13.3. The number of aryl methyl sites for hydroxylation is 1. The van der Waals surface area contributed by atoms with E-state index in [1.165, 1.54) is 11.1 Å². The first-order chi connectivity index (χ1) is 11.5. The predicted octanol–water partition coefficient (Wildman–Crippen LogP) is 5.18. The highest BCUT2D eigenvalue weighted by molar-refractivity contribution is 8.00. The van der Waals surface area contributed by atoms with E-state index in [0.717, 1.165) is 21.4 Å². The molecule has 0 unspecified atom stereocenters. The molecule has 2 aromatic carbocycles. The summed E-state index contributed by atoms with van der Waals surface area (Å²) >= 11 is 9.27. The maximum absolute atomic E-state index is 12.1. The third-order valence-corrected chi connectivity index (χ3v) is 5.82. The number of carbonyl (C=O) groups excluding carboxylic acids is 1. The van der Waals surface area contributed by atoms with Crippen LogP contribution in [0.2, 0.25) is 5.02 Å². The van der Waals surface area contributed by atoms with Gasteiger partial charge in [-0.1, -0.05) is 41.4 Å². The van der Waals surface area contributed by atoms with Crippen LogP contribution >= 0.6 is 35.1 Å². The Bertz CT molecular complexity index is 643. The van der Waals surface area contributed by atoms with Crippen molar-refractivity contribution in [2.24, 2.45) is 0 Å². The molecule has 5 heteroatoms. The summed E-state index contributed by atoms with van der Waals surface area (Å²) in [7, 11) is 0. The highest BCUT2D eigenvalue weighted by atomic mass is 35.5. The van der Waals surface area contributed by atoms with Gasteiger partial charge in [-0.3, -0.25) is 4.79 Å². The van der Waals surface area contributed by atoms with Crippen molar-refractivity contribution >= 4 is 41.0 Å². The third kappa shape index (κ3) is 6.80. The van der Waals surface area contributed by atoms with Crippen LogP contribution in [0, 0.1) is 6.92 Å². The topological polar surface area (TPSA) is 29.1 Å². The smallest absolute Gasteiger partial charge is 0.233 e. The molecule has 0 aliphatic heterocycles. The molecule has 0 spiro atoms. The molecule has 0 bridgehead atoms. The molecule has 2 nitrogen and oxygen atoms in total. The second-order valence-electron chi connectivity index (χ2n) is 5.54. The van der Waals surface area contributed by atoms with E-state index in [2.05, 4.69) is 36.5 Å². The molecule has 1 N–H and O–H groups in total. The van der Waals surface area contributed by atoms with E-state index in [0.29, 0.717) is 6.54 Å². The van der Waals surface area contributed by atoms with E-state index >= 15 is 0 Å². The Morgan fingerprint density at radius 2 is 1.79 bits per heavy atom. The standard InChI is InChI=1S/C19H22ClNOS2/c1-14-3-9-18(10-4-14)24-15(2)19(22)21-11-12-23-13-16-5-7-17(20)8-6-16/h3-10,15H,11-13H2,1-2H3,(H,21,22)/t15-/m0/s1. The molecular formula is C19H22ClNOS2. The van der Waals surface area contributed by atoms with E-state index in [4.69, 9.17) is 11.6 Å². The van der Waals surface area contributed by atoms with Crippen LogP contribution < -0.4 is 5.32 Å². The van der Waals surface area contributed by atoms with E-state index < -0.39 is 0 Å². The molecule has 0 heterocycles. The number of thioether (sulfide) groups is 2. The quantitative estimate of drug-likeness (QED) is 0.506. The van der Waals surface area contributed by atoms with Gasteiger partial charge in [0.1, 0.15) is 0 Å². The Labute approximate surface area is 157 Å². The van der Waals surface area contributed by atoms with Gasteiger partial charge in [0, 0.05) is 28.0 Å². The van der Waals surface area contributed by atoms with Gasteiger partial charge in [0.25, 0.3) is 0 Å². The molecule has 0 aromatic heterocycles. The number of hydrogen-bond donors (Lipinski definition) is 1. The van der Waals surface area contributed by atoms with Crippen LogP contribution in [0.25, 0.3) is 0 Å². The average molecular weight is 380 g/mol. The first-order valence-corrected chi connectivity index (χ1v) is 10.3. The van der Waals surface area contributed by atoms with Crippen molar-refractivity contribution < 1.29 is 4.79 Å². The lowest BCUT2D eigenvalue weighted by atomic mass is 10.2. The van der Waals surface area contributed by atoms with Gasteiger partial charge in [0.05, 0.1) is 5.25 Å². The Morgan fingerprint density at radius 3 is 2.46 bits per heavy atom. The van der Waals surface area contributed by atoms with Crippen LogP contribution in [0.15, 0.2) is 53.4 Å². The van der Waals surface area contributed by atoms with Crippen molar-refractivity contribution in [2.75, 3.05) is 12.3 Å². The van der Waals surface area contributed by atoms with Crippen LogP contribution in [0.1, 0.15) is 18.1 Å². The number of carbonyl (C=O) groups is 1. The fourth-order valence-electron chi connectivity index (χ4n) is 2.04. The molecule has 0 saturated carbocycles. The maximum Gasteiger partial charge on any atom is 0.233 e. The fraction of sp³-hybridized carbons (Fsp3) is 0.316. The third-order valence-electron chi connectivity index (χ3n) is 3.43. The summed E-state index contributed by atoms with van der Waals surface area (Å²) in [6, 6.07) is 16.1. The largest absolute Gasteiger partial charge is 0.354 e. The molecule has 0 aliphatic rings. The predicted molar refractivity (Wildman–Crippen MR) is 107 cm³/mol. The fourth-order valence-corrected chi connectivity index (χ4v) is 3.87. The lowest BCUT2D eigenvalue weighted by Crippen LogP contribution is -2.32. The molecule has 0 radical (unpaired) electrons.